The normalized spacial score (nSPS) is 10.5. The molecule has 1 heterocycles. The number of nitrogens with one attached hydrogen (secondary N) is 1. The maximum atomic E-state index is 4.33. The van der Waals surface area contributed by atoms with E-state index in [-0.39, 0.29) is 0 Å². The fourth-order valence-electron chi connectivity index (χ4n) is 1.88. The number of nitrogens with zero attached hydrogens (tertiary/aromatic N) is 2. The fourth-order valence-corrected chi connectivity index (χ4v) is 1.88. The van der Waals surface area contributed by atoms with E-state index in [1.54, 1.807) is 0 Å². The smallest absolute Gasteiger partial charge is 0.0643 e. The van der Waals surface area contributed by atoms with Crippen LogP contribution in [0, 0.1) is 6.92 Å². The van der Waals surface area contributed by atoms with Gasteiger partial charge in [-0.3, -0.25) is 4.68 Å². The molecule has 1 aromatic carbocycles. The number of rotatable bonds is 4. The van der Waals surface area contributed by atoms with Gasteiger partial charge in [0, 0.05) is 31.0 Å². The third-order valence-electron chi connectivity index (χ3n) is 2.96. The summed E-state index contributed by atoms with van der Waals surface area (Å²) in [6, 6.07) is 8.59. The summed E-state index contributed by atoms with van der Waals surface area (Å²) in [6.07, 6.45) is 3.14. The lowest BCUT2D eigenvalue weighted by Gasteiger charge is -2.06. The van der Waals surface area contributed by atoms with Crippen molar-refractivity contribution in [1.29, 1.82) is 0 Å². The fraction of sp³-hybridized carbons (Fsp3) is 0.357. The average molecular weight is 229 g/mol. The Morgan fingerprint density at radius 1 is 1.24 bits per heavy atom. The highest BCUT2D eigenvalue weighted by atomic mass is 15.2. The van der Waals surface area contributed by atoms with Gasteiger partial charge in [0.1, 0.15) is 0 Å². The molecule has 0 aliphatic carbocycles. The summed E-state index contributed by atoms with van der Waals surface area (Å²) in [5.41, 5.74) is 4.86. The molecule has 0 saturated heterocycles. The van der Waals surface area contributed by atoms with E-state index in [1.165, 1.54) is 11.1 Å². The number of hydrogen-bond acceptors (Lipinski definition) is 2. The zero-order chi connectivity index (χ0) is 12.3. The van der Waals surface area contributed by atoms with E-state index in [4.69, 9.17) is 0 Å². The Morgan fingerprint density at radius 3 is 2.47 bits per heavy atom. The molecule has 90 valence electrons. The Bertz CT molecular complexity index is 483. The summed E-state index contributed by atoms with van der Waals surface area (Å²) in [5.74, 6) is 0. The number of aromatic nitrogens is 2. The summed E-state index contributed by atoms with van der Waals surface area (Å²) in [6.45, 7) is 5.03. The number of hydrogen-bond donors (Lipinski definition) is 1. The monoisotopic (exact) mass is 229 g/mol. The van der Waals surface area contributed by atoms with E-state index in [0.29, 0.717) is 0 Å². The molecule has 0 aliphatic rings. The molecule has 2 aromatic rings. The van der Waals surface area contributed by atoms with Gasteiger partial charge in [0.15, 0.2) is 0 Å². The summed E-state index contributed by atoms with van der Waals surface area (Å²) in [5, 5.41) is 7.74. The minimum atomic E-state index is 0.825. The largest absolute Gasteiger partial charge is 0.381 e. The van der Waals surface area contributed by atoms with Crippen LogP contribution in [0.2, 0.25) is 0 Å². The molecule has 0 amide bonds. The van der Waals surface area contributed by atoms with Gasteiger partial charge in [0.25, 0.3) is 0 Å². The Labute approximate surface area is 102 Å². The molecule has 3 nitrogen and oxygen atoms in total. The molecule has 0 aliphatic heterocycles. The molecule has 17 heavy (non-hydrogen) atoms. The lowest BCUT2D eigenvalue weighted by Crippen LogP contribution is -1.99. The molecule has 0 radical (unpaired) electrons. The van der Waals surface area contributed by atoms with E-state index < -0.39 is 0 Å². The van der Waals surface area contributed by atoms with Gasteiger partial charge in [0.2, 0.25) is 0 Å². The van der Waals surface area contributed by atoms with Gasteiger partial charge >= 0.3 is 0 Å². The molecule has 1 N–H and O–H groups in total. The first kappa shape index (κ1) is 11.7. The summed E-state index contributed by atoms with van der Waals surface area (Å²) >= 11 is 0. The van der Waals surface area contributed by atoms with Crippen molar-refractivity contribution >= 4 is 5.69 Å². The van der Waals surface area contributed by atoms with Gasteiger partial charge in [-0.1, -0.05) is 19.1 Å². The van der Waals surface area contributed by atoms with Gasteiger partial charge in [-0.2, -0.15) is 5.10 Å². The molecule has 0 fully saturated rings. The zero-order valence-corrected chi connectivity index (χ0v) is 10.7. The minimum Gasteiger partial charge on any atom is -0.381 e. The third-order valence-corrected chi connectivity index (χ3v) is 2.96. The van der Waals surface area contributed by atoms with Crippen molar-refractivity contribution in [3.8, 4) is 0 Å². The molecule has 0 saturated carbocycles. The van der Waals surface area contributed by atoms with E-state index >= 15 is 0 Å². The molecular weight excluding hydrogens is 210 g/mol. The Kier molecular flexibility index (Phi) is 3.47. The maximum absolute atomic E-state index is 4.33. The highest BCUT2D eigenvalue weighted by Gasteiger charge is 2.02. The van der Waals surface area contributed by atoms with Crippen molar-refractivity contribution in [2.75, 3.05) is 5.32 Å². The van der Waals surface area contributed by atoms with Crippen LogP contribution in [0.1, 0.15) is 23.7 Å². The second-order valence-electron chi connectivity index (χ2n) is 4.32. The second-order valence-corrected chi connectivity index (χ2v) is 4.32. The van der Waals surface area contributed by atoms with Crippen LogP contribution in [0.5, 0.6) is 0 Å². The summed E-state index contributed by atoms with van der Waals surface area (Å²) in [4.78, 5) is 0. The SMILES string of the molecule is CCc1ccc(NCc2cn(C)nc2C)cc1. The molecule has 2 rings (SSSR count). The van der Waals surface area contributed by atoms with Gasteiger partial charge < -0.3 is 5.32 Å². The maximum Gasteiger partial charge on any atom is 0.0643 e. The third kappa shape index (κ3) is 2.87. The number of benzene rings is 1. The molecule has 1 aromatic heterocycles. The Balaban J connectivity index is 1.99. The minimum absolute atomic E-state index is 0.825. The van der Waals surface area contributed by atoms with Crippen molar-refractivity contribution < 1.29 is 0 Å². The van der Waals surface area contributed by atoms with Crippen LogP contribution in [0.4, 0.5) is 5.69 Å². The molecular formula is C14H19N3. The van der Waals surface area contributed by atoms with Gasteiger partial charge in [-0.15, -0.1) is 0 Å². The molecule has 0 bridgehead atoms. The van der Waals surface area contributed by atoms with Gasteiger partial charge in [0.05, 0.1) is 5.69 Å². The van der Waals surface area contributed by atoms with Gasteiger partial charge in [-0.25, -0.2) is 0 Å². The van der Waals surface area contributed by atoms with E-state index in [9.17, 15) is 0 Å². The van der Waals surface area contributed by atoms with Crippen LogP contribution in [-0.2, 0) is 20.0 Å². The molecule has 0 atom stereocenters. The first-order valence-corrected chi connectivity index (χ1v) is 6.01. The summed E-state index contributed by atoms with van der Waals surface area (Å²) < 4.78 is 1.85. The number of anilines is 1. The van der Waals surface area contributed by atoms with Crippen molar-refractivity contribution in [2.24, 2.45) is 7.05 Å². The standard InChI is InChI=1S/C14H19N3/c1-4-12-5-7-14(8-6-12)15-9-13-10-17(3)16-11(13)2/h5-8,10,15H,4,9H2,1-3H3. The van der Waals surface area contributed by atoms with E-state index in [1.807, 2.05) is 18.7 Å². The van der Waals surface area contributed by atoms with E-state index in [0.717, 1.165) is 24.3 Å². The van der Waals surface area contributed by atoms with Crippen molar-refractivity contribution in [1.82, 2.24) is 9.78 Å². The van der Waals surface area contributed by atoms with Crippen LogP contribution < -0.4 is 5.32 Å². The Hall–Kier alpha value is -1.77. The summed E-state index contributed by atoms with van der Waals surface area (Å²) in [7, 11) is 1.95. The first-order valence-electron chi connectivity index (χ1n) is 6.01. The highest BCUT2D eigenvalue weighted by Crippen LogP contribution is 2.12. The number of aryl methyl sites for hydroxylation is 3. The second kappa shape index (κ2) is 5.04. The average Bonchev–Trinajstić information content (AvgIpc) is 2.66. The molecule has 3 heteroatoms. The lowest BCUT2D eigenvalue weighted by molar-refractivity contribution is 0.756. The van der Waals surface area contributed by atoms with Crippen molar-refractivity contribution in [3.05, 3.63) is 47.3 Å². The van der Waals surface area contributed by atoms with Crippen LogP contribution >= 0.6 is 0 Å². The predicted molar refractivity (Wildman–Crippen MR) is 71.1 cm³/mol. The van der Waals surface area contributed by atoms with Crippen molar-refractivity contribution in [2.45, 2.75) is 26.8 Å². The van der Waals surface area contributed by atoms with Crippen LogP contribution in [0.15, 0.2) is 30.5 Å². The first-order chi connectivity index (χ1) is 8.19. The lowest BCUT2D eigenvalue weighted by atomic mass is 10.1. The topological polar surface area (TPSA) is 29.9 Å². The van der Waals surface area contributed by atoms with Gasteiger partial charge in [-0.05, 0) is 31.0 Å². The van der Waals surface area contributed by atoms with Crippen LogP contribution in [0.25, 0.3) is 0 Å². The predicted octanol–water partition coefficient (Wildman–Crippen LogP) is 2.90. The highest BCUT2D eigenvalue weighted by molar-refractivity contribution is 5.45. The molecule has 0 unspecified atom stereocenters. The van der Waals surface area contributed by atoms with Crippen molar-refractivity contribution in [3.63, 3.8) is 0 Å². The Morgan fingerprint density at radius 2 is 1.94 bits per heavy atom. The van der Waals surface area contributed by atoms with Crippen LogP contribution in [0.3, 0.4) is 0 Å². The zero-order valence-electron chi connectivity index (χ0n) is 10.7. The van der Waals surface area contributed by atoms with Crippen LogP contribution in [-0.4, -0.2) is 9.78 Å². The van der Waals surface area contributed by atoms with E-state index in [2.05, 4.69) is 47.8 Å². The molecule has 0 spiro atoms. The quantitative estimate of drug-likeness (QED) is 0.873.